The van der Waals surface area contributed by atoms with Crippen molar-refractivity contribution in [3.05, 3.63) is 66.7 Å². The molecule has 0 aliphatic heterocycles. The highest BCUT2D eigenvalue weighted by Gasteiger charge is 2.13. The summed E-state index contributed by atoms with van der Waals surface area (Å²) in [6, 6.07) is 15.2. The highest BCUT2D eigenvalue weighted by Crippen LogP contribution is 2.33. The van der Waals surface area contributed by atoms with Crippen molar-refractivity contribution in [1.29, 1.82) is 0 Å². The maximum atomic E-state index is 6.19. The topological polar surface area (TPSA) is 98.8 Å². The number of fused-ring (bicyclic) bond motifs is 1. The van der Waals surface area contributed by atoms with Gasteiger partial charge in [-0.25, -0.2) is 15.0 Å². The van der Waals surface area contributed by atoms with Crippen LogP contribution in [0.25, 0.3) is 10.9 Å². The number of ether oxygens (including phenoxy) is 1. The van der Waals surface area contributed by atoms with Crippen molar-refractivity contribution in [3.8, 4) is 11.6 Å². The van der Waals surface area contributed by atoms with E-state index in [1.165, 1.54) is 6.33 Å². The van der Waals surface area contributed by atoms with E-state index in [0.29, 0.717) is 23.1 Å². The molecule has 0 aliphatic carbocycles. The second-order valence-corrected chi connectivity index (χ2v) is 5.66. The number of nitrogens with two attached hydrogens (primary N) is 1. The van der Waals surface area contributed by atoms with Gasteiger partial charge in [0.05, 0.1) is 0 Å². The number of nitrogen functional groups attached to an aromatic ring is 1. The molecule has 128 valence electrons. The van der Waals surface area contributed by atoms with Gasteiger partial charge in [-0.3, -0.25) is 0 Å². The number of benzene rings is 1. The van der Waals surface area contributed by atoms with E-state index in [9.17, 15) is 0 Å². The summed E-state index contributed by atoms with van der Waals surface area (Å²) in [6.45, 7) is 1.93. The molecule has 0 saturated heterocycles. The molecule has 0 saturated carbocycles. The van der Waals surface area contributed by atoms with Gasteiger partial charge in [-0.05, 0) is 31.2 Å². The van der Waals surface area contributed by atoms with Crippen molar-refractivity contribution < 1.29 is 4.74 Å². The highest BCUT2D eigenvalue weighted by atomic mass is 16.5. The average molecular weight is 344 g/mol. The molecule has 3 N–H and O–H groups in total. The number of pyridine rings is 2. The lowest BCUT2D eigenvalue weighted by atomic mass is 10.2. The monoisotopic (exact) mass is 344 g/mol. The number of nitrogens with zero attached hydrogens (tertiary/aromatic N) is 4. The minimum absolute atomic E-state index is 0.259. The molecule has 0 unspecified atom stereocenters. The molecule has 0 fully saturated rings. The molecule has 7 nitrogen and oxygen atoms in total. The van der Waals surface area contributed by atoms with Crippen LogP contribution in [0.5, 0.6) is 11.6 Å². The standard InChI is InChI=1S/C19H16N6O/c1-12-8-9-13-5-4-6-14(17(13)24-12)26-19-16(20)18(22-11-23-19)25-15-7-2-3-10-21-15/h2-11H,20H2,1H3,(H,21,22,23,25). The summed E-state index contributed by atoms with van der Waals surface area (Å²) in [5.74, 6) is 1.90. The van der Waals surface area contributed by atoms with Crippen LogP contribution in [0.3, 0.4) is 0 Å². The van der Waals surface area contributed by atoms with Crippen molar-refractivity contribution in [2.24, 2.45) is 0 Å². The zero-order valence-electron chi connectivity index (χ0n) is 14.0. The molecule has 4 rings (SSSR count). The summed E-state index contributed by atoms with van der Waals surface area (Å²) in [5.41, 5.74) is 8.15. The molecular weight excluding hydrogens is 328 g/mol. The van der Waals surface area contributed by atoms with Crippen LogP contribution in [0.2, 0.25) is 0 Å². The van der Waals surface area contributed by atoms with Gasteiger partial charge >= 0.3 is 0 Å². The van der Waals surface area contributed by atoms with Crippen molar-refractivity contribution >= 4 is 28.2 Å². The van der Waals surface area contributed by atoms with Gasteiger partial charge in [-0.15, -0.1) is 0 Å². The first-order valence-electron chi connectivity index (χ1n) is 8.03. The first-order chi connectivity index (χ1) is 12.7. The molecule has 0 spiro atoms. The minimum atomic E-state index is 0.259. The Bertz CT molecular complexity index is 1070. The largest absolute Gasteiger partial charge is 0.435 e. The first-order valence-corrected chi connectivity index (χ1v) is 8.03. The molecule has 0 bridgehead atoms. The van der Waals surface area contributed by atoms with E-state index in [4.69, 9.17) is 10.5 Å². The molecule has 1 aromatic carbocycles. The van der Waals surface area contributed by atoms with Crippen LogP contribution in [0.1, 0.15) is 5.69 Å². The summed E-state index contributed by atoms with van der Waals surface area (Å²) in [4.78, 5) is 17.1. The van der Waals surface area contributed by atoms with E-state index in [2.05, 4.69) is 25.3 Å². The summed E-state index contributed by atoms with van der Waals surface area (Å²) in [7, 11) is 0. The molecule has 0 radical (unpaired) electrons. The van der Waals surface area contributed by atoms with E-state index in [-0.39, 0.29) is 5.88 Å². The molecule has 26 heavy (non-hydrogen) atoms. The fourth-order valence-electron chi connectivity index (χ4n) is 2.52. The quantitative estimate of drug-likeness (QED) is 0.580. The lowest BCUT2D eigenvalue weighted by Gasteiger charge is -2.12. The number of hydrogen-bond acceptors (Lipinski definition) is 7. The Hall–Kier alpha value is -3.74. The van der Waals surface area contributed by atoms with E-state index in [1.54, 1.807) is 6.20 Å². The fourth-order valence-corrected chi connectivity index (χ4v) is 2.52. The van der Waals surface area contributed by atoms with Gasteiger partial charge in [-0.1, -0.05) is 24.3 Å². The molecule has 0 amide bonds. The SMILES string of the molecule is Cc1ccc2cccc(Oc3ncnc(Nc4ccccn4)c3N)c2n1. The third-order valence-corrected chi connectivity index (χ3v) is 3.79. The van der Waals surface area contributed by atoms with Crippen LogP contribution in [0, 0.1) is 6.92 Å². The van der Waals surface area contributed by atoms with Gasteiger partial charge in [-0.2, -0.15) is 4.98 Å². The fraction of sp³-hybridized carbons (Fsp3) is 0.0526. The summed E-state index contributed by atoms with van der Waals surface area (Å²) in [6.07, 6.45) is 3.07. The number of anilines is 3. The van der Waals surface area contributed by atoms with Gasteiger partial charge in [0, 0.05) is 17.3 Å². The summed E-state index contributed by atoms with van der Waals surface area (Å²) in [5, 5.41) is 4.04. The molecule has 7 heteroatoms. The first kappa shape index (κ1) is 15.8. The zero-order chi connectivity index (χ0) is 17.9. The third-order valence-electron chi connectivity index (χ3n) is 3.79. The van der Waals surface area contributed by atoms with Crippen molar-refractivity contribution in [1.82, 2.24) is 19.9 Å². The van der Waals surface area contributed by atoms with Gasteiger partial charge in [0.1, 0.15) is 23.3 Å². The Morgan fingerprint density at radius 2 is 1.88 bits per heavy atom. The van der Waals surface area contributed by atoms with Crippen LogP contribution in [-0.4, -0.2) is 19.9 Å². The van der Waals surface area contributed by atoms with Gasteiger partial charge in [0.2, 0.25) is 5.88 Å². The number of aryl methyl sites for hydroxylation is 1. The Morgan fingerprint density at radius 1 is 0.962 bits per heavy atom. The second kappa shape index (κ2) is 6.64. The van der Waals surface area contributed by atoms with Crippen LogP contribution in [0.15, 0.2) is 61.1 Å². The minimum Gasteiger partial charge on any atom is -0.435 e. The van der Waals surface area contributed by atoms with Crippen molar-refractivity contribution in [2.75, 3.05) is 11.1 Å². The molecule has 0 aliphatic rings. The Kier molecular flexibility index (Phi) is 4.03. The smallest absolute Gasteiger partial charge is 0.248 e. The summed E-state index contributed by atoms with van der Waals surface area (Å²) < 4.78 is 5.96. The number of aromatic nitrogens is 4. The molecule has 3 heterocycles. The predicted octanol–water partition coefficient (Wildman–Crippen LogP) is 3.85. The normalized spacial score (nSPS) is 10.7. The Morgan fingerprint density at radius 3 is 2.73 bits per heavy atom. The van der Waals surface area contributed by atoms with Gasteiger partial charge < -0.3 is 15.8 Å². The lowest BCUT2D eigenvalue weighted by Crippen LogP contribution is -2.04. The number of hydrogen-bond donors (Lipinski definition) is 2. The molecule has 3 aromatic heterocycles. The zero-order valence-corrected chi connectivity index (χ0v) is 14.0. The molecule has 0 atom stereocenters. The second-order valence-electron chi connectivity index (χ2n) is 5.66. The number of nitrogens with one attached hydrogen (secondary N) is 1. The van der Waals surface area contributed by atoms with E-state index < -0.39 is 0 Å². The average Bonchev–Trinajstić information content (AvgIpc) is 2.66. The lowest BCUT2D eigenvalue weighted by molar-refractivity contribution is 0.469. The highest BCUT2D eigenvalue weighted by molar-refractivity contribution is 5.85. The Balaban J connectivity index is 1.69. The third kappa shape index (κ3) is 3.10. The van der Waals surface area contributed by atoms with Gasteiger partial charge in [0.25, 0.3) is 0 Å². The van der Waals surface area contributed by atoms with Crippen molar-refractivity contribution in [3.63, 3.8) is 0 Å². The number of rotatable bonds is 4. The Labute approximate surface area is 149 Å². The molecular formula is C19H16N6O. The molecule has 4 aromatic rings. The van der Waals surface area contributed by atoms with E-state index >= 15 is 0 Å². The van der Waals surface area contributed by atoms with Crippen LogP contribution in [0.4, 0.5) is 17.3 Å². The number of para-hydroxylation sites is 1. The van der Waals surface area contributed by atoms with Crippen LogP contribution in [-0.2, 0) is 0 Å². The summed E-state index contributed by atoms with van der Waals surface area (Å²) >= 11 is 0. The van der Waals surface area contributed by atoms with E-state index in [0.717, 1.165) is 16.6 Å². The predicted molar refractivity (Wildman–Crippen MR) is 101 cm³/mol. The van der Waals surface area contributed by atoms with E-state index in [1.807, 2.05) is 55.5 Å². The van der Waals surface area contributed by atoms with Crippen LogP contribution >= 0.6 is 0 Å². The van der Waals surface area contributed by atoms with Gasteiger partial charge in [0.15, 0.2) is 11.6 Å². The maximum absolute atomic E-state index is 6.19. The van der Waals surface area contributed by atoms with Crippen LogP contribution < -0.4 is 15.8 Å². The maximum Gasteiger partial charge on any atom is 0.248 e. The van der Waals surface area contributed by atoms with Crippen molar-refractivity contribution in [2.45, 2.75) is 6.92 Å².